The van der Waals surface area contributed by atoms with E-state index in [1.807, 2.05) is 0 Å². The predicted octanol–water partition coefficient (Wildman–Crippen LogP) is -1.94. The number of likely N-dealkylation sites (tertiary alicyclic amines) is 1. The van der Waals surface area contributed by atoms with Crippen LogP contribution < -0.4 is 32.6 Å². The zero-order valence-electron chi connectivity index (χ0n) is 36.1. The van der Waals surface area contributed by atoms with Crippen molar-refractivity contribution in [2.75, 3.05) is 19.6 Å². The van der Waals surface area contributed by atoms with Crippen LogP contribution in [0, 0.1) is 12.7 Å². The molecule has 67 heavy (non-hydrogen) atoms. The van der Waals surface area contributed by atoms with Gasteiger partial charge >= 0.3 is 5.97 Å². The minimum absolute atomic E-state index is 0.00740. The number of nitrogens with two attached hydrogens (primary N) is 1. The number of esters is 1. The van der Waals surface area contributed by atoms with Gasteiger partial charge in [0.15, 0.2) is 5.60 Å². The molecule has 4 aliphatic heterocycles. The lowest BCUT2D eigenvalue weighted by Crippen LogP contribution is -2.53. The van der Waals surface area contributed by atoms with Gasteiger partial charge in [-0.15, -0.1) is 0 Å². The van der Waals surface area contributed by atoms with Gasteiger partial charge in [0.1, 0.15) is 24.5 Å². The van der Waals surface area contributed by atoms with Crippen LogP contribution in [0.3, 0.4) is 0 Å². The number of nitrogens with zero attached hydrogens (tertiary/aromatic N) is 4. The second-order valence-electron chi connectivity index (χ2n) is 16.8. The molecule has 1 fully saturated rings. The molecule has 9 amide bonds. The third kappa shape index (κ3) is 8.18. The number of carbonyl (C=O) groups excluding carboxylic acids is 10. The first-order valence-corrected chi connectivity index (χ1v) is 21.4. The molecule has 0 bridgehead atoms. The smallest absolute Gasteiger partial charge is 0.343 e. The van der Waals surface area contributed by atoms with Crippen molar-refractivity contribution in [1.82, 2.24) is 40.6 Å². The molecular weight excluding hydrogens is 882 g/mol. The monoisotopic (exact) mass is 925 g/mol. The minimum atomic E-state index is -2.08. The molecule has 1 aromatic carbocycles. The zero-order chi connectivity index (χ0) is 48.2. The van der Waals surface area contributed by atoms with Gasteiger partial charge in [-0.1, -0.05) is 6.92 Å². The van der Waals surface area contributed by atoms with Crippen molar-refractivity contribution < 1.29 is 62.2 Å². The number of pyridine rings is 2. The van der Waals surface area contributed by atoms with Gasteiger partial charge in [-0.2, -0.15) is 0 Å². The van der Waals surface area contributed by atoms with Crippen molar-refractivity contribution in [2.24, 2.45) is 5.73 Å². The van der Waals surface area contributed by atoms with Crippen LogP contribution >= 0.6 is 0 Å². The molecule has 7 N–H and O–H groups in total. The van der Waals surface area contributed by atoms with E-state index < -0.39 is 114 Å². The zero-order valence-corrected chi connectivity index (χ0v) is 36.1. The summed E-state index contributed by atoms with van der Waals surface area (Å²) in [5.41, 5.74) is 6.12. The number of cyclic esters (lactones) is 1. The van der Waals surface area contributed by atoms with E-state index in [1.54, 1.807) is 13.8 Å². The number of imide groups is 2. The van der Waals surface area contributed by atoms with E-state index in [-0.39, 0.29) is 62.1 Å². The van der Waals surface area contributed by atoms with Crippen molar-refractivity contribution in [3.8, 4) is 11.4 Å². The largest absolute Gasteiger partial charge is 0.458 e. The number of benzene rings is 1. The molecular formula is C44H44FN9O13. The number of fused-ring (bicyclic) bond motifs is 5. The topological polar surface area (TPSA) is 316 Å². The standard InChI is InChI=1S/C44H44FN9O13/c1-3-44(66)23-12-28-39-21(17-53(28)41(63)22(23)18-67-43(44)65)38-25(5-4-20-19(2)24(45)13-26(51-39)37(20)38)49-32(57)8-10-47-40(62)29(15-30(46)55)54-36(61)14-27(42(54)64)50-33(58)16-48-31(56)9-11-52-34(59)6-7-35(52)60/h6-7,12-13,25,27,29,66H,3-5,8-11,14-18H2,1-2H3,(H2,46,55)(H,47,62)(H,48,56)(H,49,57)(H,50,58)/t25-,27-,29-,44-/m0/s1. The van der Waals surface area contributed by atoms with E-state index in [4.69, 9.17) is 15.5 Å². The molecule has 0 unspecified atom stereocenters. The van der Waals surface area contributed by atoms with Crippen molar-refractivity contribution in [3.63, 3.8) is 0 Å². The molecule has 2 aromatic heterocycles. The third-order valence-electron chi connectivity index (χ3n) is 12.8. The molecule has 1 aliphatic carbocycles. The molecule has 5 aliphatic rings. The summed E-state index contributed by atoms with van der Waals surface area (Å²) in [6, 6.07) is -1.09. The van der Waals surface area contributed by atoms with Gasteiger partial charge in [0.25, 0.3) is 23.3 Å². The summed E-state index contributed by atoms with van der Waals surface area (Å²) in [6.45, 7) is 1.68. The Hall–Kier alpha value is -7.69. The number of rotatable bonds is 15. The van der Waals surface area contributed by atoms with Crippen LogP contribution in [-0.2, 0) is 77.9 Å². The Morgan fingerprint density at radius 2 is 1.67 bits per heavy atom. The molecule has 0 radical (unpaired) electrons. The highest BCUT2D eigenvalue weighted by atomic mass is 19.1. The number of halogens is 1. The Kier molecular flexibility index (Phi) is 12.0. The van der Waals surface area contributed by atoms with Gasteiger partial charge in [0, 0.05) is 60.7 Å². The summed E-state index contributed by atoms with van der Waals surface area (Å²) in [6.07, 6.45) is 0.678. The van der Waals surface area contributed by atoms with Crippen LogP contribution in [0.5, 0.6) is 0 Å². The highest BCUT2D eigenvalue weighted by molar-refractivity contribution is 6.13. The summed E-state index contributed by atoms with van der Waals surface area (Å²) >= 11 is 0. The fourth-order valence-electron chi connectivity index (χ4n) is 9.34. The third-order valence-corrected chi connectivity index (χ3v) is 12.8. The average molecular weight is 926 g/mol. The lowest BCUT2D eigenvalue weighted by molar-refractivity contribution is -0.172. The summed E-state index contributed by atoms with van der Waals surface area (Å²) in [7, 11) is 0. The number of primary amides is 1. The summed E-state index contributed by atoms with van der Waals surface area (Å²) in [5, 5.41) is 22.0. The number of hydrogen-bond acceptors (Lipinski definition) is 14. The SMILES string of the molecule is CC[C@@]1(O)C(=O)OCc2c1cc1n(c2=O)Cc2c-1nc1cc(F)c(C)c3c1c2[C@@H](NC(=O)CCNC(=O)[C@H](CC(N)=O)N1C(=O)C[C@H](NC(=O)CNC(=O)CCN2C(=O)C=CC2=O)C1=O)CC3. The minimum Gasteiger partial charge on any atom is -0.458 e. The van der Waals surface area contributed by atoms with Crippen molar-refractivity contribution in [2.45, 2.75) is 95.7 Å². The summed E-state index contributed by atoms with van der Waals surface area (Å²) < 4.78 is 22.0. The number of hydrogen-bond donors (Lipinski definition) is 6. The van der Waals surface area contributed by atoms with E-state index in [0.717, 1.165) is 17.1 Å². The number of nitrogens with one attached hydrogen (secondary N) is 4. The Morgan fingerprint density at radius 1 is 0.955 bits per heavy atom. The van der Waals surface area contributed by atoms with Crippen LogP contribution in [-0.4, -0.2) is 115 Å². The molecule has 4 atom stereocenters. The molecule has 0 spiro atoms. The molecule has 6 heterocycles. The van der Waals surface area contributed by atoms with Gasteiger partial charge in [-0.05, 0) is 48.9 Å². The average Bonchev–Trinajstić information content (AvgIpc) is 3.91. The van der Waals surface area contributed by atoms with E-state index >= 15 is 4.39 Å². The molecule has 22 nitrogen and oxygen atoms in total. The van der Waals surface area contributed by atoms with E-state index in [9.17, 15) is 57.8 Å². The quantitative estimate of drug-likeness (QED) is 0.0559. The number of aryl methyl sites for hydroxylation is 1. The van der Waals surface area contributed by atoms with E-state index in [1.165, 1.54) is 16.7 Å². The van der Waals surface area contributed by atoms with Gasteiger partial charge in [0.2, 0.25) is 35.4 Å². The molecule has 3 aromatic rings. The maximum atomic E-state index is 15.4. The Balaban J connectivity index is 0.930. The normalized spacial score (nSPS) is 20.6. The second kappa shape index (κ2) is 17.6. The number of amides is 9. The van der Waals surface area contributed by atoms with Crippen LogP contribution in [0.15, 0.2) is 29.1 Å². The lowest BCUT2D eigenvalue weighted by Gasteiger charge is -2.31. The first-order valence-electron chi connectivity index (χ1n) is 21.4. The van der Waals surface area contributed by atoms with E-state index in [0.29, 0.717) is 56.8 Å². The fourth-order valence-corrected chi connectivity index (χ4v) is 9.34. The van der Waals surface area contributed by atoms with Crippen molar-refractivity contribution >= 4 is 70.0 Å². The van der Waals surface area contributed by atoms with E-state index in [2.05, 4.69) is 21.3 Å². The van der Waals surface area contributed by atoms with Crippen LogP contribution in [0.2, 0.25) is 0 Å². The number of aliphatic hydroxyl groups is 1. The molecule has 8 rings (SSSR count). The highest BCUT2D eigenvalue weighted by Gasteiger charge is 2.47. The Morgan fingerprint density at radius 3 is 2.37 bits per heavy atom. The van der Waals surface area contributed by atoms with Gasteiger partial charge in [-0.3, -0.25) is 57.7 Å². The summed E-state index contributed by atoms with van der Waals surface area (Å²) in [4.78, 5) is 147. The lowest BCUT2D eigenvalue weighted by atomic mass is 9.81. The Labute approximate surface area is 378 Å². The first kappa shape index (κ1) is 45.9. The van der Waals surface area contributed by atoms with Gasteiger partial charge in [-0.25, -0.2) is 14.2 Å². The van der Waals surface area contributed by atoms with Gasteiger partial charge < -0.3 is 41.4 Å². The second-order valence-corrected chi connectivity index (χ2v) is 16.8. The van der Waals surface area contributed by atoms with Gasteiger partial charge in [0.05, 0.1) is 54.4 Å². The molecule has 350 valence electrons. The van der Waals surface area contributed by atoms with Crippen LogP contribution in [0.25, 0.3) is 22.3 Å². The summed E-state index contributed by atoms with van der Waals surface area (Å²) in [5.74, 6) is -8.68. The van der Waals surface area contributed by atoms with Crippen LogP contribution in [0.4, 0.5) is 4.39 Å². The predicted molar refractivity (Wildman–Crippen MR) is 226 cm³/mol. The number of aromatic nitrogens is 2. The maximum Gasteiger partial charge on any atom is 0.343 e. The number of ether oxygens (including phenoxy) is 1. The van der Waals surface area contributed by atoms with Crippen molar-refractivity contribution in [1.29, 1.82) is 0 Å². The fraction of sp³-hybridized carbons (Fsp3) is 0.409. The first-order chi connectivity index (χ1) is 31.8. The molecule has 0 saturated carbocycles. The van der Waals surface area contributed by atoms with Crippen molar-refractivity contribution in [3.05, 3.63) is 73.8 Å². The molecule has 23 heteroatoms. The highest BCUT2D eigenvalue weighted by Crippen LogP contribution is 2.46. The van der Waals surface area contributed by atoms with Crippen LogP contribution in [0.1, 0.15) is 84.9 Å². The Bertz CT molecular complexity index is 2860. The maximum absolute atomic E-state index is 15.4. The number of carbonyl (C=O) groups is 10. The molecule has 1 saturated heterocycles.